The molecule has 0 aromatic heterocycles. The fraction of sp³-hybridized carbons (Fsp3) is 0.375. The smallest absolute Gasteiger partial charge is 0.266 e. The van der Waals surface area contributed by atoms with Gasteiger partial charge in [0.1, 0.15) is 11.5 Å². The van der Waals surface area contributed by atoms with Gasteiger partial charge in [-0.15, -0.1) is 0 Å². The van der Waals surface area contributed by atoms with Crippen molar-refractivity contribution in [3.05, 3.63) is 90.0 Å². The maximum Gasteiger partial charge on any atom is 0.266 e. The quantitative estimate of drug-likeness (QED) is 0.282. The van der Waals surface area contributed by atoms with Gasteiger partial charge in [-0.3, -0.25) is 10.2 Å². The molecule has 0 bridgehead atoms. The van der Waals surface area contributed by atoms with Crippen LogP contribution in [0.5, 0.6) is 11.5 Å². The molecule has 0 aliphatic carbocycles. The molecule has 2 atom stereocenters. The van der Waals surface area contributed by atoms with Crippen LogP contribution in [-0.2, 0) is 19.4 Å². The van der Waals surface area contributed by atoms with Crippen LogP contribution in [0.4, 0.5) is 0 Å². The molecule has 2 heterocycles. The van der Waals surface area contributed by atoms with Crippen LogP contribution >= 0.6 is 0 Å². The van der Waals surface area contributed by atoms with Gasteiger partial charge in [-0.05, 0) is 66.9 Å². The lowest BCUT2D eigenvalue weighted by atomic mass is 9.85. The number of hydrogen-bond donors (Lipinski definition) is 2. The number of aliphatic hydroxyl groups is 1. The Labute approximate surface area is 252 Å². The van der Waals surface area contributed by atoms with Crippen molar-refractivity contribution >= 4 is 21.6 Å². The Morgan fingerprint density at radius 1 is 1.05 bits per heavy atom. The first-order chi connectivity index (χ1) is 20.8. The number of nitrogens with one attached hydrogen (secondary N) is 1. The Hall–Kier alpha value is -3.93. The Morgan fingerprint density at radius 2 is 1.79 bits per heavy atom. The molecule has 2 aliphatic rings. The zero-order valence-corrected chi connectivity index (χ0v) is 25.0. The molecule has 2 N–H and O–H groups in total. The lowest BCUT2D eigenvalue weighted by molar-refractivity contribution is -0.133. The summed E-state index contributed by atoms with van der Waals surface area (Å²) in [5.41, 5.74) is 2.67. The van der Waals surface area contributed by atoms with Crippen LogP contribution < -0.4 is 14.9 Å². The van der Waals surface area contributed by atoms with Gasteiger partial charge in [0.15, 0.2) is 21.5 Å². The molecule has 2 aliphatic heterocycles. The molecule has 1 amide bonds. The summed E-state index contributed by atoms with van der Waals surface area (Å²) in [4.78, 5) is 19.4. The second-order valence-electron chi connectivity index (χ2n) is 10.6. The fourth-order valence-electron chi connectivity index (χ4n) is 5.28. The summed E-state index contributed by atoms with van der Waals surface area (Å²) in [5.74, 6) is 0.674. The number of rotatable bonds is 13. The van der Waals surface area contributed by atoms with Gasteiger partial charge in [-0.2, -0.15) is 0 Å². The van der Waals surface area contributed by atoms with Gasteiger partial charge in [0.2, 0.25) is 5.90 Å². The average Bonchev–Trinajstić information content (AvgIpc) is 3.70. The number of carbonyl (C=O) groups excluding carboxylic acids is 1. The van der Waals surface area contributed by atoms with Crippen molar-refractivity contribution in [3.8, 4) is 11.5 Å². The molecular formula is C32H37N3O7S. The Morgan fingerprint density at radius 3 is 2.49 bits per heavy atom. The van der Waals surface area contributed by atoms with E-state index in [1.54, 1.807) is 79.9 Å². The first-order valence-electron chi connectivity index (χ1n) is 14.4. The number of methoxy groups -OCH3 is 1. The van der Waals surface area contributed by atoms with Crippen molar-refractivity contribution < 1.29 is 32.5 Å². The highest BCUT2D eigenvalue weighted by Crippen LogP contribution is 2.44. The molecule has 3 aromatic carbocycles. The number of aliphatic hydroxyl groups excluding tert-OH is 1. The van der Waals surface area contributed by atoms with E-state index in [1.165, 1.54) is 0 Å². The molecule has 228 valence electrons. The predicted molar refractivity (Wildman–Crippen MR) is 162 cm³/mol. The predicted octanol–water partition coefficient (Wildman–Crippen LogP) is 3.70. The molecule has 3 aromatic rings. The van der Waals surface area contributed by atoms with Gasteiger partial charge in [0, 0.05) is 38.1 Å². The van der Waals surface area contributed by atoms with Crippen LogP contribution in [0.25, 0.3) is 0 Å². The van der Waals surface area contributed by atoms with Crippen LogP contribution in [0, 0.1) is 0 Å². The first-order valence-corrected chi connectivity index (χ1v) is 16.1. The molecule has 0 unspecified atom stereocenters. The highest BCUT2D eigenvalue weighted by molar-refractivity contribution is 7.91. The standard InChI is InChI=1S/C32H37N3O7S/c1-40-27-10-7-9-25(23-27)29-32(31(37)34-35-18-5-6-19-35,17-22-43(38,39)28-11-3-2-4-12-28)33-30(42-29)24-13-15-26(16-14-24)41-21-8-20-36/h2-4,7,9-16,23,29,36H,5-6,8,17-22H2,1H3,(H,34,37)/t29-,32-/m0/s1. The largest absolute Gasteiger partial charge is 0.497 e. The topological polar surface area (TPSA) is 127 Å². The first kappa shape index (κ1) is 30.5. The van der Waals surface area contributed by atoms with E-state index in [0.717, 1.165) is 12.8 Å². The second-order valence-corrected chi connectivity index (χ2v) is 12.7. The minimum Gasteiger partial charge on any atom is -0.497 e. The van der Waals surface area contributed by atoms with E-state index in [-0.39, 0.29) is 29.6 Å². The number of ether oxygens (including phenoxy) is 3. The third-order valence-electron chi connectivity index (χ3n) is 7.65. The molecular weight excluding hydrogens is 570 g/mol. The van der Waals surface area contributed by atoms with Crippen molar-refractivity contribution in [3.63, 3.8) is 0 Å². The molecule has 1 fully saturated rings. The zero-order valence-electron chi connectivity index (χ0n) is 24.1. The van der Waals surface area contributed by atoms with Gasteiger partial charge in [-0.1, -0.05) is 30.3 Å². The van der Waals surface area contributed by atoms with Gasteiger partial charge in [-0.25, -0.2) is 18.4 Å². The third-order valence-corrected chi connectivity index (χ3v) is 9.38. The molecule has 1 saturated heterocycles. The van der Waals surface area contributed by atoms with E-state index in [2.05, 4.69) is 5.43 Å². The summed E-state index contributed by atoms with van der Waals surface area (Å²) >= 11 is 0. The summed E-state index contributed by atoms with van der Waals surface area (Å²) in [5, 5.41) is 10.9. The monoisotopic (exact) mass is 607 g/mol. The van der Waals surface area contributed by atoms with Gasteiger partial charge >= 0.3 is 0 Å². The second kappa shape index (κ2) is 13.6. The van der Waals surface area contributed by atoms with E-state index in [0.29, 0.717) is 48.7 Å². The van der Waals surface area contributed by atoms with E-state index in [1.807, 2.05) is 11.1 Å². The number of sulfone groups is 1. The minimum absolute atomic E-state index is 0.0377. The van der Waals surface area contributed by atoms with E-state index < -0.39 is 27.4 Å². The van der Waals surface area contributed by atoms with Crippen LogP contribution in [0.1, 0.15) is 42.9 Å². The number of benzene rings is 3. The van der Waals surface area contributed by atoms with Gasteiger partial charge < -0.3 is 19.3 Å². The molecule has 0 saturated carbocycles. The lowest BCUT2D eigenvalue weighted by Gasteiger charge is -2.32. The Kier molecular flexibility index (Phi) is 9.64. The van der Waals surface area contributed by atoms with Gasteiger partial charge in [0.05, 0.1) is 24.4 Å². The average molecular weight is 608 g/mol. The van der Waals surface area contributed by atoms with Crippen molar-refractivity contribution in [2.75, 3.05) is 39.2 Å². The van der Waals surface area contributed by atoms with E-state index in [9.17, 15) is 13.2 Å². The number of nitrogens with zero attached hydrogens (tertiary/aromatic N) is 2. The summed E-state index contributed by atoms with van der Waals surface area (Å²) in [6, 6.07) is 22.5. The molecule has 0 radical (unpaired) electrons. The molecule has 43 heavy (non-hydrogen) atoms. The molecule has 5 rings (SSSR count). The normalized spacial score (nSPS) is 20.3. The molecule has 11 heteroatoms. The number of aliphatic imine (C=N–C) groups is 1. The van der Waals surface area contributed by atoms with Crippen molar-refractivity contribution in [2.24, 2.45) is 4.99 Å². The number of carbonyl (C=O) groups is 1. The fourth-order valence-corrected chi connectivity index (χ4v) is 6.67. The van der Waals surface area contributed by atoms with Crippen molar-refractivity contribution in [1.82, 2.24) is 10.4 Å². The number of hydrazine groups is 1. The van der Waals surface area contributed by atoms with E-state index >= 15 is 0 Å². The van der Waals surface area contributed by atoms with Crippen LogP contribution in [0.15, 0.2) is 88.8 Å². The summed E-state index contributed by atoms with van der Waals surface area (Å²) < 4.78 is 44.5. The summed E-state index contributed by atoms with van der Waals surface area (Å²) in [6.45, 7) is 1.81. The van der Waals surface area contributed by atoms with Crippen molar-refractivity contribution in [1.29, 1.82) is 0 Å². The Balaban J connectivity index is 1.55. The summed E-state index contributed by atoms with van der Waals surface area (Å²) in [6.07, 6.45) is 1.38. The van der Waals surface area contributed by atoms with E-state index in [4.69, 9.17) is 24.3 Å². The lowest BCUT2D eigenvalue weighted by Crippen LogP contribution is -2.54. The number of hydrogen-bond acceptors (Lipinski definition) is 9. The summed E-state index contributed by atoms with van der Waals surface area (Å²) in [7, 11) is -2.19. The Bertz CT molecular complexity index is 1520. The minimum atomic E-state index is -3.74. The highest BCUT2D eigenvalue weighted by atomic mass is 32.2. The maximum absolute atomic E-state index is 14.3. The highest BCUT2D eigenvalue weighted by Gasteiger charge is 2.54. The third kappa shape index (κ3) is 7.01. The SMILES string of the molecule is COc1cccc([C@@H]2OC(c3ccc(OCCCO)cc3)=N[C@]2(CCS(=O)(=O)c2ccccc2)C(=O)NN2CCCC2)c1. The molecule has 10 nitrogen and oxygen atoms in total. The van der Waals surface area contributed by atoms with Crippen LogP contribution in [0.3, 0.4) is 0 Å². The van der Waals surface area contributed by atoms with Crippen LogP contribution in [-0.4, -0.2) is 75.0 Å². The van der Waals surface area contributed by atoms with Crippen molar-refractivity contribution in [2.45, 2.75) is 42.2 Å². The maximum atomic E-state index is 14.3. The van der Waals surface area contributed by atoms with Gasteiger partial charge in [0.25, 0.3) is 5.91 Å². The molecule has 0 spiro atoms. The number of amides is 1. The zero-order chi connectivity index (χ0) is 30.3. The van der Waals surface area contributed by atoms with Crippen LogP contribution in [0.2, 0.25) is 0 Å².